The normalized spacial score (nSPS) is 20.6. The molecule has 114 valence electrons. The summed E-state index contributed by atoms with van der Waals surface area (Å²) in [5, 5.41) is 0. The van der Waals surface area contributed by atoms with E-state index in [1.807, 2.05) is 6.92 Å². The number of hydrogen-bond acceptors (Lipinski definition) is 6. The molecule has 2 unspecified atom stereocenters. The number of carbonyl (C=O) groups excluding carboxylic acids is 2. The summed E-state index contributed by atoms with van der Waals surface area (Å²) >= 11 is 0. The summed E-state index contributed by atoms with van der Waals surface area (Å²) in [5.41, 5.74) is 1.71. The first-order valence-electron chi connectivity index (χ1n) is 6.54. The van der Waals surface area contributed by atoms with Crippen molar-refractivity contribution in [2.45, 2.75) is 25.7 Å². The van der Waals surface area contributed by atoms with E-state index in [9.17, 15) is 9.59 Å². The molecule has 0 amide bonds. The van der Waals surface area contributed by atoms with Gasteiger partial charge < -0.3 is 18.9 Å². The molecule has 0 bridgehead atoms. The molecule has 0 radical (unpaired) electrons. The summed E-state index contributed by atoms with van der Waals surface area (Å²) in [4.78, 5) is 24.0. The standard InChI is InChI=1S/C15H18O6/c1-8-7-9-5-6-10(13(16)18-2)12(14(17)19-3)11(9)15(20-4)21-8/h5-6,8,15H,7H2,1-4H3. The molecule has 0 aromatic heterocycles. The SMILES string of the molecule is COC(=O)c1ccc2c(c1C(=O)OC)C(OC)OC(C)C2. The van der Waals surface area contributed by atoms with Gasteiger partial charge in [0.2, 0.25) is 0 Å². The Morgan fingerprint density at radius 1 is 1.14 bits per heavy atom. The van der Waals surface area contributed by atoms with Crippen LogP contribution in [-0.4, -0.2) is 39.4 Å². The van der Waals surface area contributed by atoms with Crippen molar-refractivity contribution in [1.82, 2.24) is 0 Å². The Balaban J connectivity index is 2.68. The van der Waals surface area contributed by atoms with Gasteiger partial charge in [-0.15, -0.1) is 0 Å². The second-order valence-corrected chi connectivity index (χ2v) is 4.76. The Labute approximate surface area is 122 Å². The van der Waals surface area contributed by atoms with Gasteiger partial charge >= 0.3 is 11.9 Å². The number of carbonyl (C=O) groups is 2. The molecule has 0 aliphatic carbocycles. The minimum absolute atomic E-state index is 0.0445. The molecule has 0 spiro atoms. The molecule has 0 saturated heterocycles. The van der Waals surface area contributed by atoms with E-state index < -0.39 is 18.2 Å². The van der Waals surface area contributed by atoms with Gasteiger partial charge in [0.15, 0.2) is 6.29 Å². The maximum Gasteiger partial charge on any atom is 0.339 e. The Morgan fingerprint density at radius 3 is 2.38 bits per heavy atom. The average Bonchev–Trinajstić information content (AvgIpc) is 2.51. The van der Waals surface area contributed by atoms with Crippen LogP contribution in [0.2, 0.25) is 0 Å². The molecule has 1 aliphatic rings. The zero-order valence-corrected chi connectivity index (χ0v) is 12.5. The summed E-state index contributed by atoms with van der Waals surface area (Å²) in [6.07, 6.45) is -0.139. The van der Waals surface area contributed by atoms with Gasteiger partial charge in [-0.1, -0.05) is 6.07 Å². The smallest absolute Gasteiger partial charge is 0.339 e. The van der Waals surface area contributed by atoms with Crippen LogP contribution in [0.4, 0.5) is 0 Å². The van der Waals surface area contributed by atoms with Gasteiger partial charge in [-0.3, -0.25) is 0 Å². The molecule has 0 N–H and O–H groups in total. The second-order valence-electron chi connectivity index (χ2n) is 4.76. The van der Waals surface area contributed by atoms with Gasteiger partial charge in [-0.2, -0.15) is 0 Å². The van der Waals surface area contributed by atoms with Gasteiger partial charge in [0.05, 0.1) is 31.5 Å². The van der Waals surface area contributed by atoms with E-state index in [0.29, 0.717) is 12.0 Å². The summed E-state index contributed by atoms with van der Waals surface area (Å²) in [6.45, 7) is 1.92. The van der Waals surface area contributed by atoms with Crippen molar-refractivity contribution in [2.75, 3.05) is 21.3 Å². The van der Waals surface area contributed by atoms with Gasteiger partial charge in [0.1, 0.15) is 0 Å². The van der Waals surface area contributed by atoms with E-state index >= 15 is 0 Å². The second kappa shape index (κ2) is 6.24. The highest BCUT2D eigenvalue weighted by Gasteiger charge is 2.33. The fourth-order valence-corrected chi connectivity index (χ4v) is 2.52. The lowest BCUT2D eigenvalue weighted by Crippen LogP contribution is -2.28. The molecule has 2 rings (SSSR count). The van der Waals surface area contributed by atoms with Gasteiger partial charge in [-0.05, 0) is 25.0 Å². The molecule has 0 saturated carbocycles. The van der Waals surface area contributed by atoms with E-state index in [0.717, 1.165) is 5.56 Å². The van der Waals surface area contributed by atoms with Crippen LogP contribution in [0, 0.1) is 0 Å². The van der Waals surface area contributed by atoms with E-state index in [-0.39, 0.29) is 17.2 Å². The lowest BCUT2D eigenvalue weighted by molar-refractivity contribution is -0.163. The van der Waals surface area contributed by atoms with Crippen molar-refractivity contribution in [3.8, 4) is 0 Å². The molecule has 21 heavy (non-hydrogen) atoms. The lowest BCUT2D eigenvalue weighted by Gasteiger charge is -2.31. The fraction of sp³-hybridized carbons (Fsp3) is 0.467. The molecule has 1 aliphatic heterocycles. The van der Waals surface area contributed by atoms with Crippen molar-refractivity contribution >= 4 is 11.9 Å². The molecule has 1 heterocycles. The van der Waals surface area contributed by atoms with Crippen LogP contribution in [0.25, 0.3) is 0 Å². The third kappa shape index (κ3) is 2.77. The largest absolute Gasteiger partial charge is 0.465 e. The number of fused-ring (bicyclic) bond motifs is 1. The highest BCUT2D eigenvalue weighted by Crippen LogP contribution is 2.35. The third-order valence-corrected chi connectivity index (χ3v) is 3.44. The highest BCUT2D eigenvalue weighted by atomic mass is 16.7. The van der Waals surface area contributed by atoms with Crippen molar-refractivity contribution in [1.29, 1.82) is 0 Å². The number of esters is 2. The first-order chi connectivity index (χ1) is 10.0. The quantitative estimate of drug-likeness (QED) is 0.792. The number of methoxy groups -OCH3 is 3. The highest BCUT2D eigenvalue weighted by molar-refractivity contribution is 6.04. The van der Waals surface area contributed by atoms with Crippen LogP contribution < -0.4 is 0 Å². The minimum atomic E-state index is -0.720. The summed E-state index contributed by atoms with van der Waals surface area (Å²) in [6, 6.07) is 3.36. The molecular formula is C15H18O6. The predicted molar refractivity (Wildman–Crippen MR) is 73.1 cm³/mol. The predicted octanol–water partition coefficient (Wildman–Crippen LogP) is 1.87. The van der Waals surface area contributed by atoms with E-state index in [4.69, 9.17) is 18.9 Å². The molecule has 1 aromatic rings. The Hall–Kier alpha value is -1.92. The van der Waals surface area contributed by atoms with Gasteiger partial charge in [0, 0.05) is 12.7 Å². The van der Waals surface area contributed by atoms with Crippen LogP contribution in [0.15, 0.2) is 12.1 Å². The molecular weight excluding hydrogens is 276 g/mol. The Morgan fingerprint density at radius 2 is 1.81 bits per heavy atom. The average molecular weight is 294 g/mol. The number of hydrogen-bond donors (Lipinski definition) is 0. The van der Waals surface area contributed by atoms with Gasteiger partial charge in [-0.25, -0.2) is 9.59 Å². The maximum atomic E-state index is 12.1. The number of benzene rings is 1. The zero-order valence-electron chi connectivity index (χ0n) is 12.5. The lowest BCUT2D eigenvalue weighted by atomic mass is 9.90. The van der Waals surface area contributed by atoms with E-state index in [2.05, 4.69) is 0 Å². The minimum Gasteiger partial charge on any atom is -0.465 e. The van der Waals surface area contributed by atoms with Gasteiger partial charge in [0.25, 0.3) is 0 Å². The Kier molecular flexibility index (Phi) is 4.59. The summed E-state index contributed by atoms with van der Waals surface area (Å²) < 4.78 is 20.5. The first kappa shape index (κ1) is 15.5. The van der Waals surface area contributed by atoms with E-state index in [1.165, 1.54) is 21.3 Å². The zero-order chi connectivity index (χ0) is 15.6. The molecule has 6 heteroatoms. The number of rotatable bonds is 3. The fourth-order valence-electron chi connectivity index (χ4n) is 2.52. The van der Waals surface area contributed by atoms with Crippen molar-refractivity contribution in [2.24, 2.45) is 0 Å². The topological polar surface area (TPSA) is 71.1 Å². The number of ether oxygens (including phenoxy) is 4. The van der Waals surface area contributed by atoms with E-state index in [1.54, 1.807) is 12.1 Å². The molecule has 2 atom stereocenters. The van der Waals surface area contributed by atoms with Crippen LogP contribution in [0.3, 0.4) is 0 Å². The van der Waals surface area contributed by atoms with Crippen molar-refractivity contribution in [3.63, 3.8) is 0 Å². The van der Waals surface area contributed by atoms with Crippen molar-refractivity contribution < 1.29 is 28.5 Å². The monoisotopic (exact) mass is 294 g/mol. The van der Waals surface area contributed by atoms with Crippen LogP contribution in [0.1, 0.15) is 45.1 Å². The van der Waals surface area contributed by atoms with Crippen LogP contribution >= 0.6 is 0 Å². The first-order valence-corrected chi connectivity index (χ1v) is 6.54. The summed E-state index contributed by atoms with van der Waals surface area (Å²) in [7, 11) is 4.00. The molecule has 1 aromatic carbocycles. The molecule has 0 fully saturated rings. The Bertz CT molecular complexity index is 566. The van der Waals surface area contributed by atoms with Crippen LogP contribution in [0.5, 0.6) is 0 Å². The maximum absolute atomic E-state index is 12.1. The summed E-state index contributed by atoms with van der Waals surface area (Å²) in [5.74, 6) is -1.22. The third-order valence-electron chi connectivity index (χ3n) is 3.44. The van der Waals surface area contributed by atoms with Crippen LogP contribution in [-0.2, 0) is 25.4 Å². The molecule has 6 nitrogen and oxygen atoms in total. The van der Waals surface area contributed by atoms with Crippen molar-refractivity contribution in [3.05, 3.63) is 34.4 Å².